The lowest BCUT2D eigenvalue weighted by molar-refractivity contribution is -0.123. The summed E-state index contributed by atoms with van der Waals surface area (Å²) in [5.41, 5.74) is 9.63. The molecule has 46 heavy (non-hydrogen) atoms. The number of benzene rings is 1. The van der Waals surface area contributed by atoms with Gasteiger partial charge in [0.15, 0.2) is 18.0 Å². The van der Waals surface area contributed by atoms with E-state index in [2.05, 4.69) is 30.2 Å². The smallest absolute Gasteiger partial charge is 0.257 e. The van der Waals surface area contributed by atoms with E-state index in [1.807, 2.05) is 27.7 Å². The lowest BCUT2D eigenvalue weighted by Gasteiger charge is -2.36. The van der Waals surface area contributed by atoms with Gasteiger partial charge in [-0.25, -0.2) is 9.37 Å². The van der Waals surface area contributed by atoms with Gasteiger partial charge in [0.1, 0.15) is 28.3 Å². The summed E-state index contributed by atoms with van der Waals surface area (Å²) in [6.45, 7) is 8.72. The maximum atomic E-state index is 15.1. The van der Waals surface area contributed by atoms with Gasteiger partial charge < -0.3 is 34.4 Å². The monoisotopic (exact) mass is 632 g/mol. The zero-order chi connectivity index (χ0) is 31.5. The number of furan rings is 1. The molecule has 0 radical (unpaired) electrons. The first-order chi connectivity index (χ1) is 22.5. The first kappa shape index (κ1) is 30.0. The van der Waals surface area contributed by atoms with E-state index in [4.69, 9.17) is 19.6 Å². The molecule has 2 aliphatic rings. The van der Waals surface area contributed by atoms with E-state index in [9.17, 15) is 4.79 Å². The van der Waals surface area contributed by atoms with Crippen LogP contribution in [0.1, 0.15) is 0 Å². The Kier molecular flexibility index (Phi) is 8.68. The third-order valence-electron chi connectivity index (χ3n) is 8.49. The number of halogens is 1. The second kappa shape index (κ2) is 13.3. The largest absolute Gasteiger partial charge is 0.484 e. The standard InChI is InChI=1S/C31H37FN10O4/c32-23-18-22(46-20-28(43)34-5-6-38-13-16-44-17-14-38)3-4-25(23)40-10-7-39(8-11-40)9-12-41-21-35-29-26-19-24(27-2-1-15-45-27)37-42(26)31(33)36-30(29)41/h1-4,15,18-19,21H,5-14,16-17,20H2,(H2,33,36)(H,34,43). The highest BCUT2D eigenvalue weighted by molar-refractivity contribution is 5.90. The number of imidazole rings is 1. The van der Waals surface area contributed by atoms with Crippen LogP contribution < -0.4 is 20.7 Å². The zero-order valence-electron chi connectivity index (χ0n) is 25.5. The molecule has 0 unspecified atom stereocenters. The number of carbonyl (C=O) groups is 1. The lowest BCUT2D eigenvalue weighted by Crippen LogP contribution is -2.47. The van der Waals surface area contributed by atoms with Gasteiger partial charge in [-0.2, -0.15) is 14.6 Å². The summed E-state index contributed by atoms with van der Waals surface area (Å²) >= 11 is 0. The Morgan fingerprint density at radius 1 is 1.02 bits per heavy atom. The normalized spacial score (nSPS) is 16.4. The number of carbonyl (C=O) groups excluding carboxylic acids is 1. The second-order valence-electron chi connectivity index (χ2n) is 11.4. The molecule has 0 saturated carbocycles. The van der Waals surface area contributed by atoms with Crippen LogP contribution in [-0.4, -0.2) is 119 Å². The molecular formula is C31H37FN10O4. The van der Waals surface area contributed by atoms with Crippen molar-refractivity contribution in [1.82, 2.24) is 39.3 Å². The van der Waals surface area contributed by atoms with Crippen molar-refractivity contribution in [1.29, 1.82) is 0 Å². The molecule has 2 fully saturated rings. The van der Waals surface area contributed by atoms with Crippen molar-refractivity contribution in [2.24, 2.45) is 0 Å². The van der Waals surface area contributed by atoms with Crippen LogP contribution in [0.25, 0.3) is 28.1 Å². The Balaban J connectivity index is 0.890. The van der Waals surface area contributed by atoms with E-state index in [1.54, 1.807) is 29.2 Å². The van der Waals surface area contributed by atoms with E-state index >= 15 is 4.39 Å². The molecule has 3 N–H and O–H groups in total. The minimum Gasteiger partial charge on any atom is -0.484 e. The van der Waals surface area contributed by atoms with Gasteiger partial charge >= 0.3 is 0 Å². The van der Waals surface area contributed by atoms with Crippen molar-refractivity contribution in [3.8, 4) is 17.2 Å². The fourth-order valence-electron chi connectivity index (χ4n) is 5.94. The van der Waals surface area contributed by atoms with Crippen molar-refractivity contribution >= 4 is 34.2 Å². The molecule has 2 saturated heterocycles. The molecule has 0 atom stereocenters. The molecule has 5 aromatic rings. The maximum Gasteiger partial charge on any atom is 0.257 e. The number of nitrogen functional groups attached to an aromatic ring is 1. The molecule has 1 amide bonds. The summed E-state index contributed by atoms with van der Waals surface area (Å²) in [7, 11) is 0. The predicted octanol–water partition coefficient (Wildman–Crippen LogP) is 1.71. The highest BCUT2D eigenvalue weighted by atomic mass is 19.1. The van der Waals surface area contributed by atoms with Gasteiger partial charge in [-0.15, -0.1) is 0 Å². The van der Waals surface area contributed by atoms with Crippen LogP contribution in [0.5, 0.6) is 5.75 Å². The number of nitrogens with one attached hydrogen (secondary N) is 1. The van der Waals surface area contributed by atoms with Crippen LogP contribution in [-0.2, 0) is 16.1 Å². The number of anilines is 2. The number of ether oxygens (including phenoxy) is 2. The fraction of sp³-hybridized carbons (Fsp3) is 0.419. The number of aromatic nitrogens is 5. The Morgan fingerprint density at radius 3 is 2.63 bits per heavy atom. The molecule has 7 rings (SSSR count). The number of nitrogens with zero attached hydrogens (tertiary/aromatic N) is 8. The van der Waals surface area contributed by atoms with Gasteiger partial charge in [0.05, 0.1) is 31.5 Å². The number of amides is 1. The van der Waals surface area contributed by atoms with Crippen molar-refractivity contribution in [3.63, 3.8) is 0 Å². The molecule has 0 aliphatic carbocycles. The number of nitrogens with two attached hydrogens (primary N) is 1. The quantitative estimate of drug-likeness (QED) is 0.220. The minimum absolute atomic E-state index is 0.159. The van der Waals surface area contributed by atoms with Crippen LogP contribution in [0.2, 0.25) is 0 Å². The first-order valence-electron chi connectivity index (χ1n) is 15.5. The van der Waals surface area contributed by atoms with E-state index in [0.29, 0.717) is 54.7 Å². The zero-order valence-corrected chi connectivity index (χ0v) is 25.5. The molecule has 0 bridgehead atoms. The summed E-state index contributed by atoms with van der Waals surface area (Å²) in [5.74, 6) is 0.654. The summed E-state index contributed by atoms with van der Waals surface area (Å²) in [6, 6.07) is 10.3. The van der Waals surface area contributed by atoms with Crippen molar-refractivity contribution < 1.29 is 23.1 Å². The minimum atomic E-state index is -0.367. The summed E-state index contributed by atoms with van der Waals surface area (Å²) < 4.78 is 35.0. The highest BCUT2D eigenvalue weighted by Gasteiger charge is 2.21. The number of fused-ring (bicyclic) bond motifs is 3. The summed E-state index contributed by atoms with van der Waals surface area (Å²) in [6.07, 6.45) is 3.38. The van der Waals surface area contributed by atoms with Crippen LogP contribution in [0.15, 0.2) is 53.4 Å². The van der Waals surface area contributed by atoms with Crippen LogP contribution >= 0.6 is 0 Å². The van der Waals surface area contributed by atoms with E-state index < -0.39 is 0 Å². The summed E-state index contributed by atoms with van der Waals surface area (Å²) in [5, 5.41) is 7.39. The summed E-state index contributed by atoms with van der Waals surface area (Å²) in [4.78, 5) is 28.0. The molecule has 242 valence electrons. The van der Waals surface area contributed by atoms with E-state index in [0.717, 1.165) is 63.5 Å². The molecule has 14 nitrogen and oxygen atoms in total. The van der Waals surface area contributed by atoms with Gasteiger partial charge in [0.25, 0.3) is 5.91 Å². The van der Waals surface area contributed by atoms with E-state index in [-0.39, 0.29) is 24.3 Å². The van der Waals surface area contributed by atoms with Crippen molar-refractivity contribution in [2.75, 3.05) is 89.4 Å². The van der Waals surface area contributed by atoms with Crippen LogP contribution in [0.4, 0.5) is 16.0 Å². The van der Waals surface area contributed by atoms with Gasteiger partial charge in [0.2, 0.25) is 5.95 Å². The average molecular weight is 633 g/mol. The number of piperazine rings is 1. The molecule has 1 aromatic carbocycles. The molecule has 0 spiro atoms. The number of hydrogen-bond donors (Lipinski definition) is 2. The Bertz CT molecular complexity index is 1790. The van der Waals surface area contributed by atoms with Gasteiger partial charge in [-0.05, 0) is 30.3 Å². The SMILES string of the molecule is Nc1nc2c(ncn2CCN2CCN(c3ccc(OCC(=O)NCCN4CCOCC4)cc3F)CC2)c2cc(-c3ccco3)nn12. The fourth-order valence-corrected chi connectivity index (χ4v) is 5.94. The molecule has 15 heteroatoms. The number of rotatable bonds is 11. The Morgan fingerprint density at radius 2 is 1.85 bits per heavy atom. The average Bonchev–Trinajstić information content (AvgIpc) is 3.84. The van der Waals surface area contributed by atoms with Crippen LogP contribution in [0.3, 0.4) is 0 Å². The molecule has 6 heterocycles. The molecule has 2 aliphatic heterocycles. The second-order valence-corrected chi connectivity index (χ2v) is 11.4. The van der Waals surface area contributed by atoms with Gasteiger partial charge in [0, 0.05) is 71.5 Å². The third kappa shape index (κ3) is 6.47. The van der Waals surface area contributed by atoms with Gasteiger partial charge in [-0.1, -0.05) is 0 Å². The van der Waals surface area contributed by atoms with Crippen molar-refractivity contribution in [2.45, 2.75) is 6.54 Å². The maximum absolute atomic E-state index is 15.1. The predicted molar refractivity (Wildman–Crippen MR) is 169 cm³/mol. The first-order valence-corrected chi connectivity index (χ1v) is 15.5. The third-order valence-corrected chi connectivity index (χ3v) is 8.49. The Labute approximate surface area is 264 Å². The molecule has 4 aromatic heterocycles. The van der Waals surface area contributed by atoms with Gasteiger partial charge in [-0.3, -0.25) is 14.6 Å². The number of hydrogen-bond acceptors (Lipinski definition) is 11. The van der Waals surface area contributed by atoms with Crippen molar-refractivity contribution in [3.05, 3.63) is 54.8 Å². The number of morpholine rings is 1. The Hall–Kier alpha value is -4.73. The molecular weight excluding hydrogens is 595 g/mol. The highest BCUT2D eigenvalue weighted by Crippen LogP contribution is 2.27. The lowest BCUT2D eigenvalue weighted by atomic mass is 10.2. The van der Waals surface area contributed by atoms with Crippen LogP contribution in [0, 0.1) is 5.82 Å². The van der Waals surface area contributed by atoms with E-state index in [1.165, 1.54) is 6.07 Å². The topological polar surface area (TPSA) is 144 Å².